The lowest BCUT2D eigenvalue weighted by atomic mass is 9.95. The molecule has 1 heterocycles. The van der Waals surface area contributed by atoms with Crippen molar-refractivity contribution in [3.63, 3.8) is 0 Å². The third kappa shape index (κ3) is 3.05. The molecule has 0 saturated heterocycles. The Hall–Kier alpha value is -2.14. The summed E-state index contributed by atoms with van der Waals surface area (Å²) in [7, 11) is 0. The highest BCUT2D eigenvalue weighted by molar-refractivity contribution is 6.31. The van der Waals surface area contributed by atoms with Crippen molar-refractivity contribution in [2.24, 2.45) is 0 Å². The number of rotatable bonds is 4. The number of aliphatic carboxylic acids is 1. The summed E-state index contributed by atoms with van der Waals surface area (Å²) in [4.78, 5) is 29.1. The van der Waals surface area contributed by atoms with Crippen LogP contribution in [0.2, 0.25) is 5.02 Å². The zero-order valence-electron chi connectivity index (χ0n) is 10.8. The molecule has 2 aromatic rings. The number of aromatic nitrogens is 2. The number of aromatic amines is 1. The summed E-state index contributed by atoms with van der Waals surface area (Å²) >= 11 is 5.85. The zero-order valence-corrected chi connectivity index (χ0v) is 11.5. The van der Waals surface area contributed by atoms with Crippen LogP contribution in [0.4, 0.5) is 0 Å². The Morgan fingerprint density at radius 2 is 2.05 bits per heavy atom. The Morgan fingerprint density at radius 3 is 2.65 bits per heavy atom. The molecule has 1 aromatic heterocycles. The van der Waals surface area contributed by atoms with Gasteiger partial charge in [0.25, 0.3) is 5.56 Å². The highest BCUT2D eigenvalue weighted by atomic mass is 35.5. The first-order chi connectivity index (χ1) is 9.49. The van der Waals surface area contributed by atoms with E-state index >= 15 is 0 Å². The van der Waals surface area contributed by atoms with E-state index in [2.05, 4.69) is 9.97 Å². The Labute approximate surface area is 120 Å². The number of halogens is 1. The van der Waals surface area contributed by atoms with Gasteiger partial charge >= 0.3 is 5.97 Å². The summed E-state index contributed by atoms with van der Waals surface area (Å²) in [6.45, 7) is 1.95. The molecule has 1 aromatic carbocycles. The minimum atomic E-state index is -1.06. The molecule has 0 spiro atoms. The molecular weight excluding hydrogens is 280 g/mol. The number of aryl methyl sites for hydroxylation is 1. The molecule has 0 amide bonds. The van der Waals surface area contributed by atoms with Crippen molar-refractivity contribution < 1.29 is 9.90 Å². The fourth-order valence-electron chi connectivity index (χ4n) is 1.90. The Kier molecular flexibility index (Phi) is 4.20. The molecule has 5 nitrogen and oxygen atoms in total. The highest BCUT2D eigenvalue weighted by Crippen LogP contribution is 2.23. The second-order valence-corrected chi connectivity index (χ2v) is 4.89. The summed E-state index contributed by atoms with van der Waals surface area (Å²) < 4.78 is 0. The van der Waals surface area contributed by atoms with Crippen LogP contribution in [0.25, 0.3) is 0 Å². The number of hydrogen-bond donors (Lipinski definition) is 2. The Morgan fingerprint density at radius 1 is 1.40 bits per heavy atom. The zero-order chi connectivity index (χ0) is 14.7. The average Bonchev–Trinajstić information content (AvgIpc) is 2.41. The number of nitrogens with one attached hydrogen (secondary N) is 1. The van der Waals surface area contributed by atoms with Crippen LogP contribution in [0.3, 0.4) is 0 Å². The van der Waals surface area contributed by atoms with Gasteiger partial charge < -0.3 is 10.1 Å². The summed E-state index contributed by atoms with van der Waals surface area (Å²) in [6, 6.07) is 7.51. The fourth-order valence-corrected chi connectivity index (χ4v) is 2.14. The molecule has 0 fully saturated rings. The van der Waals surface area contributed by atoms with Crippen LogP contribution in [-0.4, -0.2) is 21.0 Å². The van der Waals surface area contributed by atoms with Gasteiger partial charge in [0, 0.05) is 0 Å². The molecular formula is C14H13ClN2O3. The van der Waals surface area contributed by atoms with Gasteiger partial charge in [-0.1, -0.05) is 41.4 Å². The first-order valence-electron chi connectivity index (χ1n) is 6.00. The Bertz CT molecular complexity index is 680. The minimum absolute atomic E-state index is 0.0866. The first kappa shape index (κ1) is 14.3. The second kappa shape index (κ2) is 5.88. The number of hydrogen-bond acceptors (Lipinski definition) is 3. The van der Waals surface area contributed by atoms with Crippen LogP contribution >= 0.6 is 11.6 Å². The molecule has 0 aliphatic carbocycles. The number of H-pyrrole nitrogens is 1. The van der Waals surface area contributed by atoms with Crippen molar-refractivity contribution in [3.05, 3.63) is 62.8 Å². The third-order valence-corrected chi connectivity index (χ3v) is 3.38. The normalized spacial score (nSPS) is 12.1. The second-order valence-electron chi connectivity index (χ2n) is 4.51. The van der Waals surface area contributed by atoms with Crippen molar-refractivity contribution in [1.82, 2.24) is 9.97 Å². The van der Waals surface area contributed by atoms with Crippen LogP contribution in [0.15, 0.2) is 35.4 Å². The summed E-state index contributed by atoms with van der Waals surface area (Å²) in [5, 5.41) is 9.17. The van der Waals surface area contributed by atoms with Crippen LogP contribution in [-0.2, 0) is 11.2 Å². The van der Waals surface area contributed by atoms with Gasteiger partial charge in [-0.25, -0.2) is 4.98 Å². The molecule has 0 radical (unpaired) electrons. The SMILES string of the molecule is Cc1ccc(CC(C(=O)O)c2nc[nH]c(=O)c2Cl)cc1. The van der Waals surface area contributed by atoms with Crippen LogP contribution in [0.5, 0.6) is 0 Å². The molecule has 1 atom stereocenters. The third-order valence-electron chi connectivity index (χ3n) is 3.01. The molecule has 20 heavy (non-hydrogen) atoms. The smallest absolute Gasteiger partial charge is 0.312 e. The number of carbonyl (C=O) groups is 1. The predicted molar refractivity (Wildman–Crippen MR) is 75.1 cm³/mol. The standard InChI is InChI=1S/C14H13ClN2O3/c1-8-2-4-9(5-3-8)6-10(14(19)20)12-11(15)13(18)17-7-16-12/h2-5,7,10H,6H2,1H3,(H,19,20)(H,16,17,18). The monoisotopic (exact) mass is 292 g/mol. The quantitative estimate of drug-likeness (QED) is 0.904. The number of nitrogens with zero attached hydrogens (tertiary/aromatic N) is 1. The van der Waals surface area contributed by atoms with Gasteiger partial charge in [-0.15, -0.1) is 0 Å². The van der Waals surface area contributed by atoms with E-state index in [4.69, 9.17) is 11.6 Å². The largest absolute Gasteiger partial charge is 0.481 e. The maximum atomic E-state index is 11.4. The predicted octanol–water partition coefficient (Wildman–Crippen LogP) is 2.14. The van der Waals surface area contributed by atoms with E-state index in [0.717, 1.165) is 17.5 Å². The van der Waals surface area contributed by atoms with Crippen LogP contribution < -0.4 is 5.56 Å². The maximum Gasteiger partial charge on any atom is 0.312 e. The van der Waals surface area contributed by atoms with Crippen molar-refractivity contribution >= 4 is 17.6 Å². The van der Waals surface area contributed by atoms with E-state index in [-0.39, 0.29) is 17.1 Å². The van der Waals surface area contributed by atoms with Crippen LogP contribution in [0.1, 0.15) is 22.7 Å². The number of carboxylic acid groups (broad SMARTS) is 1. The van der Waals surface area contributed by atoms with Crippen molar-refractivity contribution in [3.8, 4) is 0 Å². The van der Waals surface area contributed by atoms with Crippen LogP contribution in [0, 0.1) is 6.92 Å². The van der Waals surface area contributed by atoms with Gasteiger partial charge in [-0.3, -0.25) is 9.59 Å². The topological polar surface area (TPSA) is 83.0 Å². The lowest BCUT2D eigenvalue weighted by Crippen LogP contribution is -2.20. The van der Waals surface area contributed by atoms with E-state index in [0.29, 0.717) is 0 Å². The highest BCUT2D eigenvalue weighted by Gasteiger charge is 2.25. The Balaban J connectivity index is 2.37. The first-order valence-corrected chi connectivity index (χ1v) is 6.38. The summed E-state index contributed by atoms with van der Waals surface area (Å²) in [5.41, 5.74) is 1.49. The van der Waals surface area contributed by atoms with Crippen molar-refractivity contribution in [2.75, 3.05) is 0 Å². The van der Waals surface area contributed by atoms with Crippen molar-refractivity contribution in [2.45, 2.75) is 19.3 Å². The van der Waals surface area contributed by atoms with Gasteiger partial charge in [-0.2, -0.15) is 0 Å². The average molecular weight is 293 g/mol. The number of benzene rings is 1. The molecule has 0 aliphatic heterocycles. The molecule has 1 unspecified atom stereocenters. The maximum absolute atomic E-state index is 11.4. The van der Waals surface area contributed by atoms with E-state index in [9.17, 15) is 14.7 Å². The van der Waals surface area contributed by atoms with E-state index in [1.807, 2.05) is 31.2 Å². The van der Waals surface area contributed by atoms with E-state index < -0.39 is 17.4 Å². The molecule has 0 saturated carbocycles. The lowest BCUT2D eigenvalue weighted by Gasteiger charge is -2.12. The van der Waals surface area contributed by atoms with Crippen molar-refractivity contribution in [1.29, 1.82) is 0 Å². The summed E-state index contributed by atoms with van der Waals surface area (Å²) in [6.07, 6.45) is 1.39. The fraction of sp³-hybridized carbons (Fsp3) is 0.214. The minimum Gasteiger partial charge on any atom is -0.481 e. The van der Waals surface area contributed by atoms with E-state index in [1.54, 1.807) is 0 Å². The number of carboxylic acids is 1. The van der Waals surface area contributed by atoms with E-state index in [1.165, 1.54) is 0 Å². The van der Waals surface area contributed by atoms with Gasteiger partial charge in [0.1, 0.15) is 10.9 Å². The lowest BCUT2D eigenvalue weighted by molar-refractivity contribution is -0.138. The van der Waals surface area contributed by atoms with Gasteiger partial charge in [0.15, 0.2) is 0 Å². The molecule has 2 N–H and O–H groups in total. The van der Waals surface area contributed by atoms with Gasteiger partial charge in [-0.05, 0) is 18.9 Å². The van der Waals surface area contributed by atoms with Gasteiger partial charge in [0.05, 0.1) is 12.0 Å². The molecule has 6 heteroatoms. The summed E-state index contributed by atoms with van der Waals surface area (Å²) in [5.74, 6) is -2.02. The molecule has 0 bridgehead atoms. The molecule has 2 rings (SSSR count). The molecule has 0 aliphatic rings. The molecule has 104 valence electrons. The van der Waals surface area contributed by atoms with Gasteiger partial charge in [0.2, 0.25) is 0 Å².